The zero-order valence-corrected chi connectivity index (χ0v) is 17.6. The number of rotatable bonds is 6. The first-order valence-corrected chi connectivity index (χ1v) is 10.1. The van der Waals surface area contributed by atoms with Gasteiger partial charge in [0.2, 0.25) is 0 Å². The Morgan fingerprint density at radius 2 is 1.89 bits per heavy atom. The molecule has 28 heavy (non-hydrogen) atoms. The maximum absolute atomic E-state index is 12.4. The predicted octanol–water partition coefficient (Wildman–Crippen LogP) is 6.06. The van der Waals surface area contributed by atoms with Crippen LogP contribution in [-0.4, -0.2) is 25.1 Å². The van der Waals surface area contributed by atoms with Gasteiger partial charge >= 0.3 is 5.97 Å². The Hall–Kier alpha value is -1.99. The van der Waals surface area contributed by atoms with E-state index in [1.54, 1.807) is 36.4 Å². The average Bonchev–Trinajstić information content (AvgIpc) is 2.98. The van der Waals surface area contributed by atoms with Gasteiger partial charge in [0.1, 0.15) is 10.6 Å². The van der Waals surface area contributed by atoms with Crippen molar-refractivity contribution in [2.75, 3.05) is 18.5 Å². The van der Waals surface area contributed by atoms with E-state index in [1.165, 1.54) is 0 Å². The molecule has 0 saturated heterocycles. The number of carbonyl (C=O) groups is 2. The molecule has 1 amide bonds. The lowest BCUT2D eigenvalue weighted by atomic mass is 10.2. The van der Waals surface area contributed by atoms with Crippen LogP contribution in [0.25, 0.3) is 10.1 Å². The highest BCUT2D eigenvalue weighted by atomic mass is 35.5. The predicted molar refractivity (Wildman–Crippen MR) is 113 cm³/mol. The zero-order valence-electron chi connectivity index (χ0n) is 14.6. The summed E-state index contributed by atoms with van der Waals surface area (Å²) in [5, 5.41) is 4.13. The summed E-state index contributed by atoms with van der Waals surface area (Å²) in [4.78, 5) is 24.7. The molecule has 0 fully saturated rings. The molecular formula is C19H14Cl3NO4S. The molecule has 0 aliphatic rings. The smallest absolute Gasteiger partial charge is 0.350 e. The molecule has 0 radical (unpaired) electrons. The molecule has 1 N–H and O–H groups in total. The third-order valence-electron chi connectivity index (χ3n) is 3.63. The van der Waals surface area contributed by atoms with Crippen molar-refractivity contribution < 1.29 is 19.1 Å². The first kappa shape index (κ1) is 20.7. The molecule has 0 saturated carbocycles. The molecule has 0 unspecified atom stereocenters. The molecule has 1 heterocycles. The molecule has 5 nitrogen and oxygen atoms in total. The van der Waals surface area contributed by atoms with Crippen molar-refractivity contribution >= 4 is 73.8 Å². The number of fused-ring (bicyclic) bond motifs is 1. The number of ether oxygens (including phenoxy) is 2. The number of nitrogens with one attached hydrogen (secondary N) is 1. The van der Waals surface area contributed by atoms with Crippen molar-refractivity contribution in [3.63, 3.8) is 0 Å². The molecule has 0 bridgehead atoms. The van der Waals surface area contributed by atoms with Crippen LogP contribution in [-0.2, 0) is 9.53 Å². The summed E-state index contributed by atoms with van der Waals surface area (Å²) in [7, 11) is 0. The quantitative estimate of drug-likeness (QED) is 0.456. The van der Waals surface area contributed by atoms with E-state index in [0.29, 0.717) is 38.2 Å². The second-order valence-electron chi connectivity index (χ2n) is 5.56. The van der Waals surface area contributed by atoms with E-state index in [2.05, 4.69) is 5.32 Å². The fraction of sp³-hybridized carbons (Fsp3) is 0.158. The summed E-state index contributed by atoms with van der Waals surface area (Å²) in [5.41, 5.74) is 0.492. The number of thiophene rings is 1. The van der Waals surface area contributed by atoms with Crippen molar-refractivity contribution in [2.45, 2.75) is 6.92 Å². The lowest BCUT2D eigenvalue weighted by Gasteiger charge is -2.11. The molecule has 0 atom stereocenters. The molecule has 0 spiro atoms. The van der Waals surface area contributed by atoms with E-state index in [1.807, 2.05) is 6.92 Å². The minimum atomic E-state index is -0.716. The Morgan fingerprint density at radius 3 is 2.64 bits per heavy atom. The van der Waals surface area contributed by atoms with Gasteiger partial charge in [0.25, 0.3) is 5.91 Å². The molecule has 9 heteroatoms. The number of benzene rings is 2. The number of hydrogen-bond donors (Lipinski definition) is 1. The Balaban J connectivity index is 1.69. The van der Waals surface area contributed by atoms with Crippen LogP contribution < -0.4 is 10.1 Å². The maximum atomic E-state index is 12.4. The van der Waals surface area contributed by atoms with Gasteiger partial charge in [-0.25, -0.2) is 4.79 Å². The minimum absolute atomic E-state index is 0.156. The highest BCUT2D eigenvalue weighted by Crippen LogP contribution is 2.41. The standard InChI is InChI=1S/C19H14Cl3NO4S/c1-2-26-13-6-4-3-5-12(13)23-15(24)9-27-19(25)18-17(22)16-11(21)7-10(20)8-14(16)28-18/h3-8H,2,9H2,1H3,(H,23,24). The van der Waals surface area contributed by atoms with Crippen molar-refractivity contribution in [3.8, 4) is 5.75 Å². The van der Waals surface area contributed by atoms with Gasteiger partial charge in [0.15, 0.2) is 6.61 Å². The van der Waals surface area contributed by atoms with Gasteiger partial charge in [0, 0.05) is 15.1 Å². The van der Waals surface area contributed by atoms with Crippen LogP contribution in [0, 0.1) is 0 Å². The second kappa shape index (κ2) is 9.01. The van der Waals surface area contributed by atoms with E-state index >= 15 is 0 Å². The van der Waals surface area contributed by atoms with Crippen molar-refractivity contribution in [2.24, 2.45) is 0 Å². The van der Waals surface area contributed by atoms with E-state index in [-0.39, 0.29) is 9.90 Å². The van der Waals surface area contributed by atoms with Gasteiger partial charge in [0.05, 0.1) is 22.3 Å². The van der Waals surface area contributed by atoms with Gasteiger partial charge in [-0.15, -0.1) is 11.3 Å². The van der Waals surface area contributed by atoms with Crippen molar-refractivity contribution in [1.29, 1.82) is 0 Å². The number of amides is 1. The SMILES string of the molecule is CCOc1ccccc1NC(=O)COC(=O)c1sc2cc(Cl)cc(Cl)c2c1Cl. The molecule has 0 aliphatic carbocycles. The van der Waals surface area contributed by atoms with Crippen LogP contribution in [0.15, 0.2) is 36.4 Å². The summed E-state index contributed by atoms with van der Waals surface area (Å²) in [6.07, 6.45) is 0. The second-order valence-corrected chi connectivity index (χ2v) is 7.83. The fourth-order valence-corrected chi connectivity index (χ4v) is 4.74. The van der Waals surface area contributed by atoms with Crippen LogP contribution in [0.2, 0.25) is 15.1 Å². The maximum Gasteiger partial charge on any atom is 0.350 e. The number of halogens is 3. The largest absolute Gasteiger partial charge is 0.492 e. The average molecular weight is 459 g/mol. The summed E-state index contributed by atoms with van der Waals surface area (Å²) in [6, 6.07) is 10.2. The topological polar surface area (TPSA) is 64.6 Å². The third kappa shape index (κ3) is 4.52. The summed E-state index contributed by atoms with van der Waals surface area (Å²) < 4.78 is 11.2. The van der Waals surface area contributed by atoms with Gasteiger partial charge < -0.3 is 14.8 Å². The van der Waals surface area contributed by atoms with E-state index in [0.717, 1.165) is 11.3 Å². The number of para-hydroxylation sites is 2. The van der Waals surface area contributed by atoms with Gasteiger partial charge in [-0.3, -0.25) is 4.79 Å². The highest BCUT2D eigenvalue weighted by molar-refractivity contribution is 7.21. The zero-order chi connectivity index (χ0) is 20.3. The Bertz CT molecular complexity index is 1050. The van der Waals surface area contributed by atoms with Crippen molar-refractivity contribution in [3.05, 3.63) is 56.3 Å². The van der Waals surface area contributed by atoms with Crippen LogP contribution in [0.1, 0.15) is 16.6 Å². The Kier molecular flexibility index (Phi) is 6.67. The number of esters is 1. The molecule has 146 valence electrons. The van der Waals surface area contributed by atoms with Crippen LogP contribution in [0.3, 0.4) is 0 Å². The molecule has 1 aromatic heterocycles. The monoisotopic (exact) mass is 457 g/mol. The molecule has 3 aromatic rings. The molecule has 3 rings (SSSR count). The third-order valence-corrected chi connectivity index (χ3v) is 5.75. The lowest BCUT2D eigenvalue weighted by Crippen LogP contribution is -2.21. The van der Waals surface area contributed by atoms with Crippen LogP contribution in [0.5, 0.6) is 5.75 Å². The van der Waals surface area contributed by atoms with Gasteiger partial charge in [-0.2, -0.15) is 0 Å². The van der Waals surface area contributed by atoms with Crippen LogP contribution >= 0.6 is 46.1 Å². The normalized spacial score (nSPS) is 10.7. The summed E-state index contributed by atoms with van der Waals surface area (Å²) in [6.45, 7) is 1.83. The highest BCUT2D eigenvalue weighted by Gasteiger charge is 2.21. The van der Waals surface area contributed by atoms with E-state index < -0.39 is 18.5 Å². The first-order chi connectivity index (χ1) is 13.4. The van der Waals surface area contributed by atoms with E-state index in [4.69, 9.17) is 44.3 Å². The van der Waals surface area contributed by atoms with Crippen molar-refractivity contribution in [1.82, 2.24) is 0 Å². The number of hydrogen-bond acceptors (Lipinski definition) is 5. The summed E-state index contributed by atoms with van der Waals surface area (Å²) in [5.74, 6) is -0.686. The van der Waals surface area contributed by atoms with Gasteiger partial charge in [-0.05, 0) is 31.2 Å². The first-order valence-electron chi connectivity index (χ1n) is 8.16. The fourth-order valence-electron chi connectivity index (χ4n) is 2.48. The number of anilines is 1. The number of carbonyl (C=O) groups excluding carboxylic acids is 2. The molecule has 0 aliphatic heterocycles. The van der Waals surface area contributed by atoms with E-state index in [9.17, 15) is 9.59 Å². The van der Waals surface area contributed by atoms with Gasteiger partial charge in [-0.1, -0.05) is 46.9 Å². The van der Waals surface area contributed by atoms with Crippen LogP contribution in [0.4, 0.5) is 5.69 Å². The summed E-state index contributed by atoms with van der Waals surface area (Å²) >= 11 is 19.5. The molecule has 2 aromatic carbocycles. The lowest BCUT2D eigenvalue weighted by molar-refractivity contribution is -0.119. The molecular weight excluding hydrogens is 445 g/mol. The minimum Gasteiger partial charge on any atom is -0.492 e. The Labute approximate surface area is 180 Å². The Morgan fingerprint density at radius 1 is 1.14 bits per heavy atom.